The van der Waals surface area contributed by atoms with E-state index in [2.05, 4.69) is 118 Å². The Hall–Kier alpha value is -1.18. The van der Waals surface area contributed by atoms with Gasteiger partial charge in [-0.25, -0.2) is 0 Å². The van der Waals surface area contributed by atoms with Crippen molar-refractivity contribution in [2.45, 2.75) is 129 Å². The molecule has 0 spiro atoms. The van der Waals surface area contributed by atoms with Gasteiger partial charge < -0.3 is 18.5 Å². The Morgan fingerprint density at radius 2 is 1.07 bits per heavy atom. The van der Waals surface area contributed by atoms with Crippen LogP contribution in [0.25, 0.3) is 0 Å². The lowest BCUT2D eigenvalue weighted by molar-refractivity contribution is 0.126. The molecular formula is C34H56O4P2. The number of benzene rings is 2. The minimum absolute atomic E-state index is 0.0230. The lowest BCUT2D eigenvalue weighted by Gasteiger charge is -2.35. The summed E-state index contributed by atoms with van der Waals surface area (Å²) in [7, 11) is 0.544. The highest BCUT2D eigenvalue weighted by molar-refractivity contribution is 7.34. The first kappa shape index (κ1) is 35.0. The van der Waals surface area contributed by atoms with E-state index in [0.29, 0.717) is 13.2 Å². The molecule has 0 aliphatic heterocycles. The standard InChI is InChI=1S/C34H56O4P2/c1-11-23-33(10,37-29-21-16-14-19-27(29)31(4,5)6)39-35-25-18-26-36-40-34(13-3,24-12-2)38-30-22-17-15-20-28(30)32(7,8)9/h14-17,19-22,39-40H,11-13,18,23-26H2,1-10H3. The molecule has 0 radical (unpaired) electrons. The summed E-state index contributed by atoms with van der Waals surface area (Å²) in [5.74, 6) is 1.95. The van der Waals surface area contributed by atoms with Gasteiger partial charge in [-0.05, 0) is 66.7 Å². The number of rotatable bonds is 17. The minimum Gasteiger partial charge on any atom is -0.481 e. The molecule has 226 valence electrons. The largest absolute Gasteiger partial charge is 0.481 e. The average Bonchev–Trinajstić information content (AvgIpc) is 2.87. The number of hydrogen-bond acceptors (Lipinski definition) is 4. The van der Waals surface area contributed by atoms with Crippen molar-refractivity contribution in [3.05, 3.63) is 59.7 Å². The third kappa shape index (κ3) is 10.9. The first-order valence-corrected chi connectivity index (χ1v) is 17.0. The monoisotopic (exact) mass is 590 g/mol. The van der Waals surface area contributed by atoms with Crippen LogP contribution in [0.2, 0.25) is 0 Å². The molecule has 2 rings (SSSR count). The molecule has 0 amide bonds. The molecule has 0 bridgehead atoms. The van der Waals surface area contributed by atoms with Crippen LogP contribution in [0.3, 0.4) is 0 Å². The van der Waals surface area contributed by atoms with Crippen molar-refractivity contribution in [1.82, 2.24) is 0 Å². The normalized spacial score (nSPS) is 15.9. The Kier molecular flexibility index (Phi) is 13.9. The molecule has 0 saturated heterocycles. The van der Waals surface area contributed by atoms with E-state index in [1.54, 1.807) is 0 Å². The molecule has 6 heteroatoms. The van der Waals surface area contributed by atoms with E-state index in [9.17, 15) is 0 Å². The van der Waals surface area contributed by atoms with Crippen molar-refractivity contribution >= 4 is 17.6 Å². The molecule has 0 N–H and O–H groups in total. The van der Waals surface area contributed by atoms with Crippen LogP contribution in [0.4, 0.5) is 0 Å². The summed E-state index contributed by atoms with van der Waals surface area (Å²) < 4.78 is 25.9. The van der Waals surface area contributed by atoms with E-state index in [4.69, 9.17) is 18.5 Å². The summed E-state index contributed by atoms with van der Waals surface area (Å²) in [5.41, 5.74) is 2.52. The van der Waals surface area contributed by atoms with Gasteiger partial charge in [0.05, 0.1) is 30.8 Å². The fourth-order valence-electron chi connectivity index (χ4n) is 4.84. The van der Waals surface area contributed by atoms with Gasteiger partial charge in [-0.15, -0.1) is 0 Å². The highest BCUT2D eigenvalue weighted by atomic mass is 31.1. The minimum atomic E-state index is -0.342. The van der Waals surface area contributed by atoms with Crippen LogP contribution in [0, 0.1) is 0 Å². The molecule has 4 unspecified atom stereocenters. The number of hydrogen-bond donors (Lipinski definition) is 0. The predicted octanol–water partition coefficient (Wildman–Crippen LogP) is 10.8. The van der Waals surface area contributed by atoms with E-state index in [1.807, 2.05) is 0 Å². The maximum atomic E-state index is 6.78. The smallest absolute Gasteiger partial charge is 0.149 e. The van der Waals surface area contributed by atoms with Gasteiger partial charge in [0.25, 0.3) is 0 Å². The maximum Gasteiger partial charge on any atom is 0.149 e. The fourth-order valence-corrected chi connectivity index (χ4v) is 7.05. The fraction of sp³-hybridized carbons (Fsp3) is 0.647. The Bertz CT molecular complexity index is 1010. The molecule has 4 atom stereocenters. The van der Waals surface area contributed by atoms with Crippen molar-refractivity contribution in [2.24, 2.45) is 0 Å². The van der Waals surface area contributed by atoms with Gasteiger partial charge in [-0.2, -0.15) is 0 Å². The van der Waals surface area contributed by atoms with Crippen molar-refractivity contribution in [3.8, 4) is 11.5 Å². The van der Waals surface area contributed by atoms with Crippen molar-refractivity contribution in [1.29, 1.82) is 0 Å². The van der Waals surface area contributed by atoms with E-state index in [0.717, 1.165) is 50.0 Å². The van der Waals surface area contributed by atoms with Crippen LogP contribution in [-0.4, -0.2) is 23.9 Å². The summed E-state index contributed by atoms with van der Waals surface area (Å²) in [6.07, 6.45) is 5.79. The third-order valence-electron chi connectivity index (χ3n) is 7.02. The molecule has 40 heavy (non-hydrogen) atoms. The van der Waals surface area contributed by atoms with Crippen molar-refractivity contribution in [2.75, 3.05) is 13.2 Å². The highest BCUT2D eigenvalue weighted by Crippen LogP contribution is 2.45. The molecule has 0 heterocycles. The molecule has 2 aromatic carbocycles. The van der Waals surface area contributed by atoms with Gasteiger partial charge in [0.1, 0.15) is 22.2 Å². The van der Waals surface area contributed by atoms with Crippen LogP contribution < -0.4 is 9.47 Å². The van der Waals surface area contributed by atoms with Crippen molar-refractivity contribution in [3.63, 3.8) is 0 Å². The maximum absolute atomic E-state index is 6.78. The van der Waals surface area contributed by atoms with E-state index < -0.39 is 0 Å². The molecule has 4 nitrogen and oxygen atoms in total. The van der Waals surface area contributed by atoms with Gasteiger partial charge in [-0.1, -0.05) is 112 Å². The molecule has 0 aromatic heterocycles. The summed E-state index contributed by atoms with van der Waals surface area (Å²) in [4.78, 5) is 0. The molecule has 0 fully saturated rings. The zero-order valence-corrected chi connectivity index (χ0v) is 28.9. The summed E-state index contributed by atoms with van der Waals surface area (Å²) >= 11 is 0. The first-order valence-electron chi connectivity index (χ1n) is 15.1. The van der Waals surface area contributed by atoms with Crippen LogP contribution in [0.1, 0.15) is 119 Å². The van der Waals surface area contributed by atoms with Crippen LogP contribution in [0.5, 0.6) is 11.5 Å². The summed E-state index contributed by atoms with van der Waals surface area (Å²) in [5, 5.41) is -0.641. The van der Waals surface area contributed by atoms with E-state index in [-0.39, 0.29) is 39.1 Å². The summed E-state index contributed by atoms with van der Waals surface area (Å²) in [6, 6.07) is 16.9. The Balaban J connectivity index is 1.92. The van der Waals surface area contributed by atoms with Crippen LogP contribution in [-0.2, 0) is 19.9 Å². The Morgan fingerprint density at radius 1 is 0.600 bits per heavy atom. The second-order valence-electron chi connectivity index (χ2n) is 13.0. The van der Waals surface area contributed by atoms with Crippen molar-refractivity contribution < 1.29 is 18.5 Å². The summed E-state index contributed by atoms with van der Waals surface area (Å²) in [6.45, 7) is 23.5. The average molecular weight is 591 g/mol. The number of para-hydroxylation sites is 2. The molecule has 0 aliphatic rings. The Morgan fingerprint density at radius 3 is 1.55 bits per heavy atom. The predicted molar refractivity (Wildman–Crippen MR) is 176 cm³/mol. The van der Waals surface area contributed by atoms with Gasteiger partial charge in [0.15, 0.2) is 0 Å². The SMILES string of the molecule is CCCC(C)(Oc1ccccc1C(C)(C)C)POCCCOPC(CC)(CCC)Oc1ccccc1C(C)(C)C. The molecule has 0 aliphatic carbocycles. The van der Waals surface area contributed by atoms with Gasteiger partial charge in [0.2, 0.25) is 0 Å². The van der Waals surface area contributed by atoms with E-state index >= 15 is 0 Å². The second-order valence-corrected chi connectivity index (χ2v) is 16.0. The Labute approximate surface area is 249 Å². The van der Waals surface area contributed by atoms with E-state index in [1.165, 1.54) is 11.1 Å². The topological polar surface area (TPSA) is 36.9 Å². The number of ether oxygens (including phenoxy) is 2. The van der Waals surface area contributed by atoms with Gasteiger partial charge in [-0.3, -0.25) is 0 Å². The highest BCUT2D eigenvalue weighted by Gasteiger charge is 2.33. The van der Waals surface area contributed by atoms with Gasteiger partial charge >= 0.3 is 0 Å². The molecule has 0 saturated carbocycles. The third-order valence-corrected chi connectivity index (χ3v) is 9.58. The lowest BCUT2D eigenvalue weighted by atomic mass is 9.86. The quantitative estimate of drug-likeness (QED) is 0.136. The molecular weight excluding hydrogens is 534 g/mol. The first-order chi connectivity index (χ1) is 18.8. The molecule has 2 aromatic rings. The van der Waals surface area contributed by atoms with Crippen LogP contribution >= 0.6 is 17.6 Å². The van der Waals surface area contributed by atoms with Crippen LogP contribution in [0.15, 0.2) is 48.5 Å². The lowest BCUT2D eigenvalue weighted by Crippen LogP contribution is -2.31. The van der Waals surface area contributed by atoms with Gasteiger partial charge in [0, 0.05) is 0 Å². The zero-order valence-electron chi connectivity index (χ0n) is 26.9. The second kappa shape index (κ2) is 15.9. The zero-order chi connectivity index (χ0) is 29.9.